The number of esters is 1. The Balaban J connectivity index is 1.65. The molecule has 1 aliphatic rings. The number of nitrogens with one attached hydrogen (secondary N) is 1. The highest BCUT2D eigenvalue weighted by Gasteiger charge is 2.23. The molecule has 2 aromatic rings. The largest absolute Gasteiger partial charge is 0.488 e. The Hall–Kier alpha value is -1.08. The molecule has 1 atom stereocenters. The van der Waals surface area contributed by atoms with Gasteiger partial charge in [-0.25, -0.2) is 0 Å². The normalized spacial score (nSPS) is 18.3. The number of rotatable bonds is 5. The monoisotopic (exact) mass is 499 g/mol. The van der Waals surface area contributed by atoms with Gasteiger partial charge in [-0.15, -0.1) is 11.3 Å². The van der Waals surface area contributed by atoms with E-state index in [1.807, 2.05) is 12.1 Å². The maximum absolute atomic E-state index is 12.3. The van der Waals surface area contributed by atoms with Crippen molar-refractivity contribution in [3.05, 3.63) is 49.6 Å². The average molecular weight is 501 g/mol. The van der Waals surface area contributed by atoms with Crippen LogP contribution in [0, 0.1) is 0 Å². The molecule has 0 aliphatic carbocycles. The second kappa shape index (κ2) is 10.3. The van der Waals surface area contributed by atoms with Crippen molar-refractivity contribution in [2.45, 2.75) is 57.6 Å². The molecule has 0 radical (unpaired) electrons. The highest BCUT2D eigenvalue weighted by molar-refractivity contribution is 9.10. The molecule has 4 nitrogen and oxygen atoms in total. The first-order valence-electron chi connectivity index (χ1n) is 9.91. The van der Waals surface area contributed by atoms with E-state index in [0.717, 1.165) is 40.2 Å². The minimum atomic E-state index is -0.358. The first-order chi connectivity index (χ1) is 13.8. The Bertz CT molecular complexity index is 839. The number of hydrogen-bond acceptors (Lipinski definition) is 5. The van der Waals surface area contributed by atoms with E-state index in [4.69, 9.17) is 21.1 Å². The van der Waals surface area contributed by atoms with E-state index in [-0.39, 0.29) is 17.6 Å². The minimum Gasteiger partial charge on any atom is -0.488 e. The van der Waals surface area contributed by atoms with Crippen LogP contribution in [0.1, 0.15) is 43.6 Å². The van der Waals surface area contributed by atoms with Crippen molar-refractivity contribution < 1.29 is 14.3 Å². The topological polar surface area (TPSA) is 47.6 Å². The number of halogens is 2. The lowest BCUT2D eigenvalue weighted by Gasteiger charge is -2.29. The smallest absolute Gasteiger partial charge is 0.306 e. The lowest BCUT2D eigenvalue weighted by atomic mass is 9.99. The van der Waals surface area contributed by atoms with Gasteiger partial charge in [0.05, 0.1) is 8.81 Å². The Morgan fingerprint density at radius 1 is 1.24 bits per heavy atom. The predicted octanol–water partition coefficient (Wildman–Crippen LogP) is 5.79. The number of fused-ring (bicyclic) bond motifs is 2. The summed E-state index contributed by atoms with van der Waals surface area (Å²) in [5.41, 5.74) is 1.06. The molecule has 1 aromatic carbocycles. The molecule has 29 heavy (non-hydrogen) atoms. The van der Waals surface area contributed by atoms with Crippen molar-refractivity contribution in [2.24, 2.45) is 0 Å². The molecule has 3 rings (SSSR count). The first kappa shape index (κ1) is 22.6. The molecule has 0 amide bonds. The van der Waals surface area contributed by atoms with Gasteiger partial charge in [0, 0.05) is 23.4 Å². The molecule has 1 aromatic heterocycles. The van der Waals surface area contributed by atoms with E-state index in [0.29, 0.717) is 19.6 Å². The molecule has 158 valence electrons. The summed E-state index contributed by atoms with van der Waals surface area (Å²) in [6.07, 6.45) is 3.65. The van der Waals surface area contributed by atoms with E-state index in [9.17, 15) is 4.79 Å². The zero-order valence-electron chi connectivity index (χ0n) is 16.8. The van der Waals surface area contributed by atoms with Gasteiger partial charge in [0.1, 0.15) is 18.5 Å². The third kappa shape index (κ3) is 7.28. The van der Waals surface area contributed by atoms with Crippen LogP contribution in [0.2, 0.25) is 4.34 Å². The van der Waals surface area contributed by atoms with Gasteiger partial charge in [0.25, 0.3) is 0 Å². The number of carbonyl (C=O) groups excluding carboxylic acids is 1. The van der Waals surface area contributed by atoms with Gasteiger partial charge in [-0.1, -0.05) is 17.7 Å². The van der Waals surface area contributed by atoms with Crippen molar-refractivity contribution in [3.63, 3.8) is 0 Å². The molecule has 7 heteroatoms. The second-order valence-electron chi connectivity index (χ2n) is 8.04. The summed E-state index contributed by atoms with van der Waals surface area (Å²) in [5, 5.41) is 3.54. The van der Waals surface area contributed by atoms with Crippen LogP contribution in [0.4, 0.5) is 0 Å². The fourth-order valence-electron chi connectivity index (χ4n) is 3.31. The zero-order chi connectivity index (χ0) is 20.9. The fourth-order valence-corrected chi connectivity index (χ4v) is 4.99. The van der Waals surface area contributed by atoms with Gasteiger partial charge >= 0.3 is 5.97 Å². The number of cyclic esters (lactones) is 1. The van der Waals surface area contributed by atoms with Crippen LogP contribution in [0.3, 0.4) is 0 Å². The van der Waals surface area contributed by atoms with Crippen LogP contribution in [0.25, 0.3) is 0 Å². The zero-order valence-corrected chi connectivity index (χ0v) is 20.0. The van der Waals surface area contributed by atoms with Crippen molar-refractivity contribution in [3.8, 4) is 5.75 Å². The highest BCUT2D eigenvalue weighted by Crippen LogP contribution is 2.28. The summed E-state index contributed by atoms with van der Waals surface area (Å²) in [4.78, 5) is 13.5. The Morgan fingerprint density at radius 3 is 2.79 bits per heavy atom. The Morgan fingerprint density at radius 2 is 2.03 bits per heavy atom. The van der Waals surface area contributed by atoms with Crippen molar-refractivity contribution in [1.82, 2.24) is 5.32 Å². The molecule has 1 unspecified atom stereocenters. The molecule has 0 saturated carbocycles. The molecule has 2 heterocycles. The Kier molecular flexibility index (Phi) is 8.02. The summed E-state index contributed by atoms with van der Waals surface area (Å²) in [7, 11) is 0. The van der Waals surface area contributed by atoms with Crippen LogP contribution in [-0.2, 0) is 22.4 Å². The molecule has 0 spiro atoms. The Labute approximate surface area is 190 Å². The second-order valence-corrected chi connectivity index (χ2v) is 10.7. The van der Waals surface area contributed by atoms with Crippen molar-refractivity contribution in [1.29, 1.82) is 0 Å². The van der Waals surface area contributed by atoms with Gasteiger partial charge < -0.3 is 14.8 Å². The molecular formula is C22H27BrClNO3S. The van der Waals surface area contributed by atoms with Gasteiger partial charge in [0.15, 0.2) is 0 Å². The lowest BCUT2D eigenvalue weighted by Crippen LogP contribution is -2.47. The third-order valence-electron chi connectivity index (χ3n) is 4.87. The maximum atomic E-state index is 12.3. The van der Waals surface area contributed by atoms with Gasteiger partial charge in [-0.2, -0.15) is 0 Å². The fraction of sp³-hybridized carbons (Fsp3) is 0.500. The van der Waals surface area contributed by atoms with Crippen molar-refractivity contribution in [2.75, 3.05) is 13.2 Å². The lowest BCUT2D eigenvalue weighted by molar-refractivity contribution is -0.150. The molecule has 2 bridgehead atoms. The number of ether oxygens (including phenoxy) is 2. The van der Waals surface area contributed by atoms with E-state index >= 15 is 0 Å². The molecule has 1 N–H and O–H groups in total. The molecule has 0 fully saturated rings. The molecule has 0 saturated heterocycles. The number of hydrogen-bond donors (Lipinski definition) is 1. The van der Waals surface area contributed by atoms with Crippen LogP contribution in [0.15, 0.2) is 34.8 Å². The molecule has 1 aliphatic heterocycles. The van der Waals surface area contributed by atoms with Gasteiger partial charge in [-0.05, 0) is 85.3 Å². The summed E-state index contributed by atoms with van der Waals surface area (Å²) in [5.74, 6) is 0.628. The minimum absolute atomic E-state index is 0.161. The van der Waals surface area contributed by atoms with E-state index < -0.39 is 0 Å². The standard InChI is InChI=1S/C22H27BrClNO3S/c1-22(2,12-17-8-10-20(24)29-17)25-13-16-14-27-19-11-15(7-9-18(19)23)5-3-4-6-21(26)28-16/h7-11,16,25H,3-6,12-14H2,1-2H3. The van der Waals surface area contributed by atoms with E-state index in [2.05, 4.69) is 53.3 Å². The first-order valence-corrected chi connectivity index (χ1v) is 11.9. The predicted molar refractivity (Wildman–Crippen MR) is 122 cm³/mol. The average Bonchev–Trinajstić information content (AvgIpc) is 3.06. The molecular weight excluding hydrogens is 474 g/mol. The van der Waals surface area contributed by atoms with Gasteiger partial charge in [-0.3, -0.25) is 4.79 Å². The van der Waals surface area contributed by atoms with Crippen molar-refractivity contribution >= 4 is 44.8 Å². The number of thiophene rings is 1. The highest BCUT2D eigenvalue weighted by atomic mass is 79.9. The quantitative estimate of drug-likeness (QED) is 0.528. The third-order valence-corrected chi connectivity index (χ3v) is 6.75. The van der Waals surface area contributed by atoms with Crippen LogP contribution in [0.5, 0.6) is 5.75 Å². The summed E-state index contributed by atoms with van der Waals surface area (Å²) < 4.78 is 13.4. The summed E-state index contributed by atoms with van der Waals surface area (Å²) in [6.45, 7) is 5.11. The van der Waals surface area contributed by atoms with Crippen LogP contribution >= 0.6 is 38.9 Å². The van der Waals surface area contributed by atoms with Crippen LogP contribution in [-0.4, -0.2) is 30.8 Å². The summed E-state index contributed by atoms with van der Waals surface area (Å²) in [6, 6.07) is 10.2. The SMILES string of the molecule is CC(C)(Cc1ccc(Cl)s1)NCC1COc2cc(ccc2Br)CCCCC(=O)O1. The maximum Gasteiger partial charge on any atom is 0.306 e. The van der Waals surface area contributed by atoms with E-state index in [1.165, 1.54) is 10.4 Å². The number of benzene rings is 1. The van der Waals surface area contributed by atoms with Crippen LogP contribution < -0.4 is 10.1 Å². The number of aryl methyl sites for hydroxylation is 1. The number of carbonyl (C=O) groups is 1. The summed E-state index contributed by atoms with van der Waals surface area (Å²) >= 11 is 11.2. The van der Waals surface area contributed by atoms with E-state index in [1.54, 1.807) is 11.3 Å². The van der Waals surface area contributed by atoms with Gasteiger partial charge in [0.2, 0.25) is 0 Å².